The van der Waals surface area contributed by atoms with E-state index in [9.17, 15) is 28.2 Å². The Morgan fingerprint density at radius 1 is 1.11 bits per heavy atom. The Labute approximate surface area is 167 Å². The molecular formula is C20H20O6S2. The first-order valence-electron chi connectivity index (χ1n) is 8.53. The van der Waals surface area contributed by atoms with Gasteiger partial charge in [-0.15, -0.1) is 11.3 Å². The standard InChI is InChI=1S/C20H20O6S2/c1-19(17(21)22)9-4-10-20(12-19,18(23)24)16-8-7-15(27-16)13-5-3-6-14(11-13)28(2,25)26/h3-9,11H,10,12H2,1-2H3,(H,21,22)(H,23,24). The Kier molecular flexibility index (Phi) is 4.97. The Morgan fingerprint density at radius 2 is 1.82 bits per heavy atom. The molecule has 3 rings (SSSR count). The van der Waals surface area contributed by atoms with Crippen LogP contribution < -0.4 is 0 Å². The van der Waals surface area contributed by atoms with Crippen molar-refractivity contribution >= 4 is 33.1 Å². The van der Waals surface area contributed by atoms with Crippen molar-refractivity contribution in [2.75, 3.05) is 6.26 Å². The number of rotatable bonds is 5. The van der Waals surface area contributed by atoms with E-state index in [0.29, 0.717) is 10.4 Å². The zero-order valence-corrected chi connectivity index (χ0v) is 17.0. The molecule has 1 aromatic heterocycles. The fraction of sp³-hybridized carbons (Fsp3) is 0.300. The highest BCUT2D eigenvalue weighted by molar-refractivity contribution is 7.90. The largest absolute Gasteiger partial charge is 0.481 e. The lowest BCUT2D eigenvalue weighted by Crippen LogP contribution is -2.44. The quantitative estimate of drug-likeness (QED) is 0.716. The third kappa shape index (κ3) is 3.49. The number of hydrogen-bond acceptors (Lipinski definition) is 5. The van der Waals surface area contributed by atoms with Crippen molar-refractivity contribution in [2.24, 2.45) is 5.41 Å². The van der Waals surface area contributed by atoms with Gasteiger partial charge in [-0.05, 0) is 49.6 Å². The maximum atomic E-state index is 12.2. The van der Waals surface area contributed by atoms with Crippen LogP contribution in [-0.4, -0.2) is 36.8 Å². The molecule has 0 spiro atoms. The smallest absolute Gasteiger partial charge is 0.315 e. The summed E-state index contributed by atoms with van der Waals surface area (Å²) < 4.78 is 23.6. The van der Waals surface area contributed by atoms with Crippen LogP contribution in [0.4, 0.5) is 0 Å². The minimum atomic E-state index is -3.36. The molecular weight excluding hydrogens is 400 g/mol. The number of thiophene rings is 1. The van der Waals surface area contributed by atoms with Crippen molar-refractivity contribution in [1.29, 1.82) is 0 Å². The lowest BCUT2D eigenvalue weighted by molar-refractivity contribution is -0.151. The SMILES string of the molecule is CC1(C(=O)O)C=CCC(C(=O)O)(c2ccc(-c3cccc(S(C)(=O)=O)c3)s2)C1. The van der Waals surface area contributed by atoms with Crippen molar-refractivity contribution in [3.05, 3.63) is 53.4 Å². The first-order chi connectivity index (χ1) is 13.0. The summed E-state index contributed by atoms with van der Waals surface area (Å²) in [5, 5.41) is 19.5. The van der Waals surface area contributed by atoms with E-state index in [1.165, 1.54) is 24.3 Å². The number of carbonyl (C=O) groups is 2. The van der Waals surface area contributed by atoms with Crippen LogP contribution >= 0.6 is 11.3 Å². The average molecular weight is 421 g/mol. The van der Waals surface area contributed by atoms with Crippen molar-refractivity contribution in [3.8, 4) is 10.4 Å². The van der Waals surface area contributed by atoms with Crippen LogP contribution in [0.1, 0.15) is 24.6 Å². The summed E-state index contributed by atoms with van der Waals surface area (Å²) in [7, 11) is -3.36. The maximum Gasteiger partial charge on any atom is 0.315 e. The summed E-state index contributed by atoms with van der Waals surface area (Å²) in [6.07, 6.45) is 4.46. The molecule has 0 saturated heterocycles. The van der Waals surface area contributed by atoms with Crippen LogP contribution in [0.25, 0.3) is 10.4 Å². The van der Waals surface area contributed by atoms with Crippen LogP contribution in [0, 0.1) is 5.41 Å². The second kappa shape index (κ2) is 6.86. The molecule has 28 heavy (non-hydrogen) atoms. The van der Waals surface area contributed by atoms with E-state index in [1.54, 1.807) is 42.5 Å². The van der Waals surface area contributed by atoms with Crippen molar-refractivity contribution < 1.29 is 28.2 Å². The number of sulfone groups is 1. The molecule has 8 heteroatoms. The molecule has 0 bridgehead atoms. The van der Waals surface area contributed by atoms with E-state index < -0.39 is 32.6 Å². The fourth-order valence-electron chi connectivity index (χ4n) is 3.51. The number of carboxylic acids is 2. The van der Waals surface area contributed by atoms with Gasteiger partial charge in [0.1, 0.15) is 5.41 Å². The van der Waals surface area contributed by atoms with Gasteiger partial charge < -0.3 is 10.2 Å². The van der Waals surface area contributed by atoms with Gasteiger partial charge in [0, 0.05) is 16.0 Å². The third-order valence-corrected chi connectivity index (χ3v) is 7.59. The summed E-state index contributed by atoms with van der Waals surface area (Å²) in [4.78, 5) is 25.4. The van der Waals surface area contributed by atoms with Gasteiger partial charge in [-0.2, -0.15) is 0 Å². The Morgan fingerprint density at radius 3 is 2.43 bits per heavy atom. The summed E-state index contributed by atoms with van der Waals surface area (Å²) in [6.45, 7) is 1.52. The molecule has 0 fully saturated rings. The van der Waals surface area contributed by atoms with Crippen molar-refractivity contribution in [2.45, 2.75) is 30.1 Å². The lowest BCUT2D eigenvalue weighted by Gasteiger charge is -2.37. The minimum Gasteiger partial charge on any atom is -0.481 e. The predicted octanol–water partition coefficient (Wildman–Crippen LogP) is 3.58. The van der Waals surface area contributed by atoms with Crippen LogP contribution in [0.2, 0.25) is 0 Å². The van der Waals surface area contributed by atoms with Gasteiger partial charge in [0.05, 0.1) is 10.3 Å². The molecule has 2 N–H and O–H groups in total. The van der Waals surface area contributed by atoms with Gasteiger partial charge in [0.15, 0.2) is 9.84 Å². The summed E-state index contributed by atoms with van der Waals surface area (Å²) in [6, 6.07) is 9.92. The zero-order valence-electron chi connectivity index (χ0n) is 15.4. The van der Waals surface area contributed by atoms with Crippen molar-refractivity contribution in [3.63, 3.8) is 0 Å². The summed E-state index contributed by atoms with van der Waals surface area (Å²) >= 11 is 1.25. The molecule has 2 unspecified atom stereocenters. The molecule has 2 atom stereocenters. The summed E-state index contributed by atoms with van der Waals surface area (Å²) in [5.41, 5.74) is -1.93. The van der Waals surface area contributed by atoms with E-state index in [0.717, 1.165) is 11.1 Å². The number of aliphatic carboxylic acids is 2. The number of hydrogen-bond donors (Lipinski definition) is 2. The normalized spacial score (nSPS) is 24.8. The minimum absolute atomic E-state index is 0.0511. The predicted molar refractivity (Wildman–Crippen MR) is 106 cm³/mol. The zero-order chi connectivity index (χ0) is 20.7. The van der Waals surface area contributed by atoms with E-state index in [2.05, 4.69) is 0 Å². The lowest BCUT2D eigenvalue weighted by atomic mass is 9.65. The van der Waals surface area contributed by atoms with Gasteiger partial charge in [-0.25, -0.2) is 8.42 Å². The van der Waals surface area contributed by atoms with E-state index >= 15 is 0 Å². The molecule has 1 aliphatic carbocycles. The third-order valence-electron chi connectivity index (χ3n) is 5.14. The molecule has 1 aliphatic rings. The van der Waals surface area contributed by atoms with Gasteiger partial charge in [0.25, 0.3) is 0 Å². The number of allylic oxidation sites excluding steroid dienone is 1. The van der Waals surface area contributed by atoms with E-state index in [4.69, 9.17) is 0 Å². The van der Waals surface area contributed by atoms with E-state index in [-0.39, 0.29) is 17.7 Å². The molecule has 0 radical (unpaired) electrons. The first-order valence-corrected chi connectivity index (χ1v) is 11.2. The fourth-order valence-corrected chi connectivity index (χ4v) is 5.37. The highest BCUT2D eigenvalue weighted by Crippen LogP contribution is 2.48. The van der Waals surface area contributed by atoms with Gasteiger partial charge in [-0.3, -0.25) is 9.59 Å². The average Bonchev–Trinajstić information content (AvgIpc) is 3.11. The number of carboxylic acid groups (broad SMARTS) is 2. The highest BCUT2D eigenvalue weighted by Gasteiger charge is 2.50. The molecule has 0 amide bonds. The van der Waals surface area contributed by atoms with E-state index in [1.807, 2.05) is 0 Å². The second-order valence-corrected chi connectivity index (χ2v) is 10.5. The monoisotopic (exact) mass is 420 g/mol. The molecule has 148 valence electrons. The van der Waals surface area contributed by atoms with Crippen LogP contribution in [0.3, 0.4) is 0 Å². The summed E-state index contributed by atoms with van der Waals surface area (Å²) in [5.74, 6) is -2.13. The Bertz CT molecular complexity index is 1080. The molecule has 0 aliphatic heterocycles. The first kappa shape index (κ1) is 20.3. The van der Waals surface area contributed by atoms with Crippen LogP contribution in [-0.2, 0) is 24.8 Å². The maximum absolute atomic E-state index is 12.2. The number of benzene rings is 1. The van der Waals surface area contributed by atoms with Crippen LogP contribution in [0.15, 0.2) is 53.4 Å². The molecule has 1 heterocycles. The molecule has 1 aromatic carbocycles. The molecule has 2 aromatic rings. The highest BCUT2D eigenvalue weighted by atomic mass is 32.2. The second-order valence-electron chi connectivity index (χ2n) is 7.36. The Balaban J connectivity index is 2.06. The Hall–Kier alpha value is -2.45. The van der Waals surface area contributed by atoms with Gasteiger partial charge >= 0.3 is 11.9 Å². The molecule has 0 saturated carbocycles. The van der Waals surface area contributed by atoms with Crippen molar-refractivity contribution in [1.82, 2.24) is 0 Å². The van der Waals surface area contributed by atoms with Crippen LogP contribution in [0.5, 0.6) is 0 Å². The van der Waals surface area contributed by atoms with Gasteiger partial charge in [0.2, 0.25) is 0 Å². The molecule has 6 nitrogen and oxygen atoms in total. The van der Waals surface area contributed by atoms with Gasteiger partial charge in [-0.1, -0.05) is 24.3 Å². The topological polar surface area (TPSA) is 109 Å².